The smallest absolute Gasteiger partial charge is 0.226 e. The van der Waals surface area contributed by atoms with E-state index in [9.17, 15) is 13.2 Å². The monoisotopic (exact) mass is 380 g/mol. The normalized spacial score (nSPS) is 26.3. The van der Waals surface area contributed by atoms with Crippen LogP contribution in [0.3, 0.4) is 0 Å². The largest absolute Gasteiger partial charge is 0.497 e. The van der Waals surface area contributed by atoms with Crippen molar-refractivity contribution in [1.29, 1.82) is 0 Å². The van der Waals surface area contributed by atoms with E-state index in [0.717, 1.165) is 12.8 Å². The zero-order valence-electron chi connectivity index (χ0n) is 15.6. The van der Waals surface area contributed by atoms with Crippen LogP contribution in [-0.2, 0) is 14.6 Å². The lowest BCUT2D eigenvalue weighted by atomic mass is 9.97. The van der Waals surface area contributed by atoms with Crippen LogP contribution in [0.2, 0.25) is 0 Å². The first-order chi connectivity index (χ1) is 12.3. The third kappa shape index (κ3) is 4.04. The molecule has 0 spiro atoms. The van der Waals surface area contributed by atoms with Crippen molar-refractivity contribution in [2.24, 2.45) is 5.92 Å². The lowest BCUT2D eigenvalue weighted by Crippen LogP contribution is -2.50. The number of nitrogens with zero attached hydrogens (tertiary/aromatic N) is 1. The second-order valence-electron chi connectivity index (χ2n) is 7.57. The zero-order valence-corrected chi connectivity index (χ0v) is 16.5. The first-order valence-corrected chi connectivity index (χ1v) is 10.8. The topological polar surface area (TPSA) is 75.7 Å². The van der Waals surface area contributed by atoms with Crippen LogP contribution in [0, 0.1) is 5.92 Å². The Morgan fingerprint density at radius 2 is 1.81 bits per heavy atom. The van der Waals surface area contributed by atoms with Gasteiger partial charge in [0.2, 0.25) is 5.91 Å². The van der Waals surface area contributed by atoms with Crippen molar-refractivity contribution in [3.05, 3.63) is 24.3 Å². The van der Waals surface area contributed by atoms with Crippen molar-refractivity contribution in [1.82, 2.24) is 10.2 Å². The van der Waals surface area contributed by atoms with Gasteiger partial charge in [-0.05, 0) is 49.9 Å². The van der Waals surface area contributed by atoms with Crippen LogP contribution in [-0.4, -0.2) is 57.3 Å². The van der Waals surface area contributed by atoms with E-state index < -0.39 is 15.8 Å². The Morgan fingerprint density at radius 1 is 1.23 bits per heavy atom. The van der Waals surface area contributed by atoms with Crippen LogP contribution in [0.25, 0.3) is 0 Å². The molecular weight excluding hydrogens is 352 g/mol. The molecule has 2 bridgehead atoms. The Balaban J connectivity index is 1.64. The maximum atomic E-state index is 12.8. The molecule has 0 saturated carbocycles. The summed E-state index contributed by atoms with van der Waals surface area (Å²) < 4.78 is 30.3. The van der Waals surface area contributed by atoms with Crippen molar-refractivity contribution in [2.45, 2.75) is 55.6 Å². The fourth-order valence-corrected chi connectivity index (χ4v) is 5.69. The van der Waals surface area contributed by atoms with Gasteiger partial charge in [-0.1, -0.05) is 6.92 Å². The van der Waals surface area contributed by atoms with Gasteiger partial charge in [-0.15, -0.1) is 0 Å². The van der Waals surface area contributed by atoms with E-state index in [0.29, 0.717) is 17.8 Å². The van der Waals surface area contributed by atoms with Crippen LogP contribution < -0.4 is 10.1 Å². The lowest BCUT2D eigenvalue weighted by Gasteiger charge is -2.36. The first kappa shape index (κ1) is 19.2. The summed E-state index contributed by atoms with van der Waals surface area (Å²) in [6.45, 7) is 1.70. The summed E-state index contributed by atoms with van der Waals surface area (Å²) in [7, 11) is -0.170. The van der Waals surface area contributed by atoms with E-state index in [1.54, 1.807) is 24.0 Å². The number of rotatable bonds is 6. The first-order valence-electron chi connectivity index (χ1n) is 9.19. The van der Waals surface area contributed by atoms with E-state index in [1.165, 1.54) is 32.1 Å². The van der Waals surface area contributed by atoms with Gasteiger partial charge in [0.1, 0.15) is 5.75 Å². The lowest BCUT2D eigenvalue weighted by molar-refractivity contribution is -0.135. The maximum absolute atomic E-state index is 12.8. The number of hydrogen-bond donors (Lipinski definition) is 1. The summed E-state index contributed by atoms with van der Waals surface area (Å²) >= 11 is 0. The van der Waals surface area contributed by atoms with Gasteiger partial charge in [0.05, 0.1) is 17.8 Å². The Morgan fingerprint density at radius 3 is 2.35 bits per heavy atom. The molecule has 7 heteroatoms. The van der Waals surface area contributed by atoms with Crippen LogP contribution in [0.15, 0.2) is 29.2 Å². The van der Waals surface area contributed by atoms with Crippen LogP contribution in [0.5, 0.6) is 5.75 Å². The van der Waals surface area contributed by atoms with Gasteiger partial charge in [-0.25, -0.2) is 8.42 Å². The quantitative estimate of drug-likeness (QED) is 0.815. The molecule has 144 valence electrons. The molecule has 2 saturated heterocycles. The molecule has 26 heavy (non-hydrogen) atoms. The van der Waals surface area contributed by atoms with E-state index in [1.807, 2.05) is 7.05 Å². The van der Waals surface area contributed by atoms with Crippen molar-refractivity contribution in [3.8, 4) is 5.75 Å². The molecule has 2 aliphatic heterocycles. The summed E-state index contributed by atoms with van der Waals surface area (Å²) in [5.74, 6) is -0.235. The van der Waals surface area contributed by atoms with E-state index in [2.05, 4.69) is 5.32 Å². The molecule has 1 N–H and O–H groups in total. The predicted octanol–water partition coefficient (Wildman–Crippen LogP) is 1.85. The highest BCUT2D eigenvalue weighted by Crippen LogP contribution is 2.30. The van der Waals surface area contributed by atoms with Gasteiger partial charge in [-0.3, -0.25) is 4.79 Å². The molecule has 2 aliphatic rings. The Labute approximate surface area is 155 Å². The summed E-state index contributed by atoms with van der Waals surface area (Å²) in [6.07, 6.45) is 4.25. The third-order valence-corrected chi connectivity index (χ3v) is 7.58. The van der Waals surface area contributed by atoms with Gasteiger partial charge >= 0.3 is 0 Å². The number of carbonyl (C=O) groups is 1. The number of ether oxygens (including phenoxy) is 1. The van der Waals surface area contributed by atoms with Gasteiger partial charge in [0.25, 0.3) is 0 Å². The molecule has 1 aromatic carbocycles. The van der Waals surface area contributed by atoms with Gasteiger partial charge in [0, 0.05) is 31.1 Å². The number of hydrogen-bond acceptors (Lipinski definition) is 5. The molecule has 3 atom stereocenters. The zero-order chi connectivity index (χ0) is 18.9. The molecule has 2 heterocycles. The van der Waals surface area contributed by atoms with Crippen LogP contribution >= 0.6 is 0 Å². The highest BCUT2D eigenvalue weighted by Gasteiger charge is 2.37. The Hall–Kier alpha value is -1.60. The predicted molar refractivity (Wildman–Crippen MR) is 99.9 cm³/mol. The van der Waals surface area contributed by atoms with Crippen molar-refractivity contribution >= 4 is 15.7 Å². The number of amides is 1. The summed E-state index contributed by atoms with van der Waals surface area (Å²) in [5.41, 5.74) is 0. The van der Waals surface area contributed by atoms with E-state index in [-0.39, 0.29) is 22.6 Å². The molecule has 3 rings (SSSR count). The molecule has 0 radical (unpaired) electrons. The summed E-state index contributed by atoms with van der Waals surface area (Å²) in [4.78, 5) is 14.8. The van der Waals surface area contributed by atoms with Crippen LogP contribution in [0.1, 0.15) is 32.6 Å². The maximum Gasteiger partial charge on any atom is 0.226 e. The fraction of sp³-hybridized carbons (Fsp3) is 0.632. The fourth-order valence-electron chi connectivity index (χ4n) is 4.15. The minimum absolute atomic E-state index is 0.0895. The van der Waals surface area contributed by atoms with E-state index in [4.69, 9.17) is 4.74 Å². The average Bonchev–Trinajstić information content (AvgIpc) is 2.97. The van der Waals surface area contributed by atoms with E-state index >= 15 is 0 Å². The number of carbonyl (C=O) groups excluding carboxylic acids is 1. The van der Waals surface area contributed by atoms with Crippen molar-refractivity contribution in [3.63, 3.8) is 0 Å². The highest BCUT2D eigenvalue weighted by atomic mass is 32.2. The number of piperidine rings is 1. The Bertz CT molecular complexity index is 735. The molecule has 3 unspecified atom stereocenters. The van der Waals surface area contributed by atoms with Crippen LogP contribution in [0.4, 0.5) is 0 Å². The molecule has 6 nitrogen and oxygen atoms in total. The minimum Gasteiger partial charge on any atom is -0.497 e. The minimum atomic E-state index is -3.52. The second-order valence-corrected chi connectivity index (χ2v) is 9.60. The standard InChI is InChI=1S/C19H28N2O4S/c1-13(12-26(23,24)18-8-6-17(25-3)7-9-18)19(22)21(2)16-10-14-4-5-15(11-16)20-14/h6-9,13-16,20H,4-5,10-12H2,1-3H3. The molecule has 1 aromatic rings. The van der Waals surface area contributed by atoms with Crippen molar-refractivity contribution < 1.29 is 17.9 Å². The second kappa shape index (κ2) is 7.56. The number of benzene rings is 1. The van der Waals surface area contributed by atoms with Gasteiger partial charge < -0.3 is 15.0 Å². The number of sulfone groups is 1. The SMILES string of the molecule is COc1ccc(S(=O)(=O)CC(C)C(=O)N(C)C2CC3CCC(C2)N3)cc1. The van der Waals surface area contributed by atoms with Gasteiger partial charge in [-0.2, -0.15) is 0 Å². The number of nitrogens with one attached hydrogen (secondary N) is 1. The molecular formula is C19H28N2O4S. The Kier molecular flexibility index (Phi) is 5.58. The molecule has 1 amide bonds. The number of methoxy groups -OCH3 is 1. The summed E-state index contributed by atoms with van der Waals surface area (Å²) in [6, 6.07) is 7.48. The average molecular weight is 381 g/mol. The summed E-state index contributed by atoms with van der Waals surface area (Å²) in [5, 5.41) is 3.57. The third-order valence-electron chi connectivity index (χ3n) is 5.65. The van der Waals surface area contributed by atoms with Crippen molar-refractivity contribution in [2.75, 3.05) is 19.9 Å². The van der Waals surface area contributed by atoms with Gasteiger partial charge in [0.15, 0.2) is 9.84 Å². The number of fused-ring (bicyclic) bond motifs is 2. The molecule has 0 aromatic heterocycles. The molecule has 2 fully saturated rings. The highest BCUT2D eigenvalue weighted by molar-refractivity contribution is 7.91. The molecule has 0 aliphatic carbocycles.